The van der Waals surface area contributed by atoms with Gasteiger partial charge in [-0.25, -0.2) is 0 Å². The van der Waals surface area contributed by atoms with E-state index in [0.29, 0.717) is 13.0 Å². The first-order valence-corrected chi connectivity index (χ1v) is 7.69. The standard InChI is InChI=1S/C17H20N4O2/c1-3-23-15-6-4-5-14-17(15)12(10-18-14)9-16(22)20-11(2)13-7-8-19-21-13/h4-8,10-11,18H,3,9H2,1-2H3,(H,19,21)(H,20,22)/t11-/m0/s1. The van der Waals surface area contributed by atoms with E-state index in [9.17, 15) is 4.79 Å². The lowest BCUT2D eigenvalue weighted by atomic mass is 10.1. The van der Waals surface area contributed by atoms with Crippen LogP contribution in [0.3, 0.4) is 0 Å². The van der Waals surface area contributed by atoms with Crippen LogP contribution in [-0.4, -0.2) is 27.7 Å². The van der Waals surface area contributed by atoms with Gasteiger partial charge in [0.05, 0.1) is 24.8 Å². The number of rotatable bonds is 6. The zero-order chi connectivity index (χ0) is 16.2. The Hall–Kier alpha value is -2.76. The van der Waals surface area contributed by atoms with Gasteiger partial charge in [0.25, 0.3) is 0 Å². The SMILES string of the molecule is CCOc1cccc2[nH]cc(CC(=O)N[C@@H](C)c3ccn[nH]3)c12. The smallest absolute Gasteiger partial charge is 0.225 e. The Labute approximate surface area is 134 Å². The summed E-state index contributed by atoms with van der Waals surface area (Å²) in [4.78, 5) is 15.5. The minimum Gasteiger partial charge on any atom is -0.493 e. The normalized spacial score (nSPS) is 12.3. The number of fused-ring (bicyclic) bond motifs is 1. The average Bonchev–Trinajstić information content (AvgIpc) is 3.18. The first-order valence-electron chi connectivity index (χ1n) is 7.69. The average molecular weight is 312 g/mol. The fourth-order valence-electron chi connectivity index (χ4n) is 2.69. The summed E-state index contributed by atoms with van der Waals surface area (Å²) in [5.41, 5.74) is 2.78. The first-order chi connectivity index (χ1) is 11.2. The van der Waals surface area contributed by atoms with Crippen LogP contribution in [0, 0.1) is 0 Å². The number of carbonyl (C=O) groups is 1. The Morgan fingerprint density at radius 3 is 3.00 bits per heavy atom. The summed E-state index contributed by atoms with van der Waals surface area (Å²) >= 11 is 0. The van der Waals surface area contributed by atoms with Crippen molar-refractivity contribution in [3.63, 3.8) is 0 Å². The maximum Gasteiger partial charge on any atom is 0.225 e. The molecule has 2 heterocycles. The minimum atomic E-state index is -0.110. The number of hydrogen-bond acceptors (Lipinski definition) is 3. The van der Waals surface area contributed by atoms with E-state index in [1.54, 1.807) is 6.20 Å². The van der Waals surface area contributed by atoms with Crippen molar-refractivity contribution >= 4 is 16.8 Å². The molecule has 120 valence electrons. The molecule has 0 fully saturated rings. The number of carbonyl (C=O) groups excluding carboxylic acids is 1. The molecule has 0 aliphatic rings. The fraction of sp³-hybridized carbons (Fsp3) is 0.294. The van der Waals surface area contributed by atoms with E-state index in [-0.39, 0.29) is 11.9 Å². The number of ether oxygens (including phenoxy) is 1. The van der Waals surface area contributed by atoms with Gasteiger partial charge in [0, 0.05) is 23.3 Å². The third kappa shape index (κ3) is 3.21. The second-order valence-corrected chi connectivity index (χ2v) is 5.40. The van der Waals surface area contributed by atoms with E-state index in [1.807, 2.05) is 44.3 Å². The molecule has 3 aromatic rings. The maximum atomic E-state index is 12.3. The molecule has 0 unspecified atom stereocenters. The molecule has 23 heavy (non-hydrogen) atoms. The van der Waals surface area contributed by atoms with Crippen LogP contribution in [0.1, 0.15) is 31.1 Å². The van der Waals surface area contributed by atoms with Crippen molar-refractivity contribution in [2.45, 2.75) is 26.3 Å². The van der Waals surface area contributed by atoms with Crippen molar-refractivity contribution < 1.29 is 9.53 Å². The molecule has 3 N–H and O–H groups in total. The molecular weight excluding hydrogens is 292 g/mol. The summed E-state index contributed by atoms with van der Waals surface area (Å²) < 4.78 is 5.67. The number of aromatic amines is 2. The van der Waals surface area contributed by atoms with Gasteiger partial charge in [-0.2, -0.15) is 5.10 Å². The number of hydrogen-bond donors (Lipinski definition) is 3. The maximum absolute atomic E-state index is 12.3. The van der Waals surface area contributed by atoms with Crippen molar-refractivity contribution in [2.75, 3.05) is 6.61 Å². The summed E-state index contributed by atoms with van der Waals surface area (Å²) in [5, 5.41) is 10.7. The van der Waals surface area contributed by atoms with Gasteiger partial charge >= 0.3 is 0 Å². The van der Waals surface area contributed by atoms with Crippen LogP contribution >= 0.6 is 0 Å². The van der Waals surface area contributed by atoms with Crippen molar-refractivity contribution in [3.8, 4) is 5.75 Å². The first kappa shape index (κ1) is 15.1. The van der Waals surface area contributed by atoms with E-state index in [1.165, 1.54) is 0 Å². The van der Waals surface area contributed by atoms with E-state index in [0.717, 1.165) is 27.9 Å². The van der Waals surface area contributed by atoms with Gasteiger partial charge in [0.2, 0.25) is 5.91 Å². The number of nitrogens with one attached hydrogen (secondary N) is 3. The van der Waals surface area contributed by atoms with Crippen molar-refractivity contribution in [1.82, 2.24) is 20.5 Å². The lowest BCUT2D eigenvalue weighted by molar-refractivity contribution is -0.121. The second kappa shape index (κ2) is 6.56. The van der Waals surface area contributed by atoms with Gasteiger partial charge in [-0.15, -0.1) is 0 Å². The molecule has 2 aromatic heterocycles. The number of benzene rings is 1. The van der Waals surface area contributed by atoms with Crippen molar-refractivity contribution in [3.05, 3.63) is 47.9 Å². The fourth-order valence-corrected chi connectivity index (χ4v) is 2.69. The molecule has 0 radical (unpaired) electrons. The highest BCUT2D eigenvalue weighted by molar-refractivity contribution is 5.93. The molecule has 0 saturated carbocycles. The third-order valence-corrected chi connectivity index (χ3v) is 3.77. The molecule has 1 aromatic carbocycles. The molecule has 6 nitrogen and oxygen atoms in total. The number of amides is 1. The van der Waals surface area contributed by atoms with E-state index in [4.69, 9.17) is 4.74 Å². The second-order valence-electron chi connectivity index (χ2n) is 5.40. The largest absolute Gasteiger partial charge is 0.493 e. The zero-order valence-electron chi connectivity index (χ0n) is 13.2. The summed E-state index contributed by atoms with van der Waals surface area (Å²) in [6.07, 6.45) is 3.84. The Kier molecular flexibility index (Phi) is 4.32. The highest BCUT2D eigenvalue weighted by Crippen LogP contribution is 2.29. The van der Waals surface area contributed by atoms with Gasteiger partial charge in [-0.05, 0) is 37.6 Å². The number of H-pyrrole nitrogens is 2. The predicted octanol–water partition coefficient (Wildman–Crippen LogP) is 2.71. The van der Waals surface area contributed by atoms with E-state index in [2.05, 4.69) is 20.5 Å². The molecule has 1 atom stereocenters. The summed E-state index contributed by atoms with van der Waals surface area (Å²) in [6.45, 7) is 4.46. The lowest BCUT2D eigenvalue weighted by Gasteiger charge is -2.12. The molecule has 1 amide bonds. The van der Waals surface area contributed by atoms with Crippen LogP contribution in [0.5, 0.6) is 5.75 Å². The van der Waals surface area contributed by atoms with Gasteiger partial charge in [-0.1, -0.05) is 6.07 Å². The van der Waals surface area contributed by atoms with Gasteiger partial charge in [0.1, 0.15) is 5.75 Å². The Bertz CT molecular complexity index is 792. The van der Waals surface area contributed by atoms with Crippen LogP contribution in [0.15, 0.2) is 36.7 Å². The molecule has 0 bridgehead atoms. The Morgan fingerprint density at radius 1 is 1.39 bits per heavy atom. The lowest BCUT2D eigenvalue weighted by Crippen LogP contribution is -2.28. The summed E-state index contributed by atoms with van der Waals surface area (Å²) in [7, 11) is 0. The van der Waals surface area contributed by atoms with Crippen molar-refractivity contribution in [1.29, 1.82) is 0 Å². The highest BCUT2D eigenvalue weighted by atomic mass is 16.5. The molecule has 0 saturated heterocycles. The summed E-state index contributed by atoms with van der Waals surface area (Å²) in [5.74, 6) is 0.759. The molecule has 3 rings (SSSR count). The topological polar surface area (TPSA) is 82.8 Å². The van der Waals surface area contributed by atoms with Crippen molar-refractivity contribution in [2.24, 2.45) is 0 Å². The van der Waals surface area contributed by atoms with E-state index < -0.39 is 0 Å². The molecule has 0 aliphatic heterocycles. The monoisotopic (exact) mass is 312 g/mol. The summed E-state index contributed by atoms with van der Waals surface area (Å²) in [6, 6.07) is 7.58. The third-order valence-electron chi connectivity index (χ3n) is 3.77. The van der Waals surface area contributed by atoms with Gasteiger partial charge in [0.15, 0.2) is 0 Å². The minimum absolute atomic E-state index is 0.0423. The Morgan fingerprint density at radius 2 is 2.26 bits per heavy atom. The predicted molar refractivity (Wildman–Crippen MR) is 88.3 cm³/mol. The van der Waals surface area contributed by atoms with Crippen LogP contribution < -0.4 is 10.1 Å². The quantitative estimate of drug-likeness (QED) is 0.654. The number of nitrogens with zero attached hydrogens (tertiary/aromatic N) is 1. The van der Waals surface area contributed by atoms with Crippen LogP contribution in [-0.2, 0) is 11.2 Å². The van der Waals surface area contributed by atoms with E-state index >= 15 is 0 Å². The van der Waals surface area contributed by atoms with Gasteiger partial charge in [-0.3, -0.25) is 9.89 Å². The van der Waals surface area contributed by atoms with Crippen LogP contribution in [0.2, 0.25) is 0 Å². The highest BCUT2D eigenvalue weighted by Gasteiger charge is 2.15. The van der Waals surface area contributed by atoms with Gasteiger partial charge < -0.3 is 15.0 Å². The molecule has 0 spiro atoms. The molecule has 0 aliphatic carbocycles. The molecule has 6 heteroatoms. The van der Waals surface area contributed by atoms with Crippen LogP contribution in [0.25, 0.3) is 10.9 Å². The van der Waals surface area contributed by atoms with Crippen LogP contribution in [0.4, 0.5) is 0 Å². The zero-order valence-corrected chi connectivity index (χ0v) is 13.2. The molecular formula is C17H20N4O2. The number of aromatic nitrogens is 3. The Balaban J connectivity index is 1.77.